The number of hydrogen-bond acceptors (Lipinski definition) is 2. The molecule has 0 amide bonds. The Kier molecular flexibility index (Phi) is 1.70. The van der Waals surface area contributed by atoms with Gasteiger partial charge in [-0.3, -0.25) is 10.1 Å². The lowest BCUT2D eigenvalue weighted by Crippen LogP contribution is -1.96. The van der Waals surface area contributed by atoms with Crippen molar-refractivity contribution in [2.24, 2.45) is 0 Å². The summed E-state index contributed by atoms with van der Waals surface area (Å²) in [5.74, 6) is -2.33. The second kappa shape index (κ2) is 2.76. The van der Waals surface area contributed by atoms with Gasteiger partial charge in [0.1, 0.15) is 0 Å². The third kappa shape index (κ3) is 1.04. The molecule has 4 nitrogen and oxygen atoms in total. The fourth-order valence-corrected chi connectivity index (χ4v) is 1.29. The lowest BCUT2D eigenvalue weighted by molar-refractivity contribution is -0.390. The molecule has 0 aliphatic rings. The van der Waals surface area contributed by atoms with Gasteiger partial charge in [-0.1, -0.05) is 0 Å². The number of nitrogens with one attached hydrogen (secondary N) is 1. The maximum Gasteiger partial charge on any atom is 0.340 e. The second-order valence-electron chi connectivity index (χ2n) is 2.72. The Labute approximate surface area is 76.3 Å². The Morgan fingerprint density at radius 3 is 2.79 bits per heavy atom. The first-order valence-electron chi connectivity index (χ1n) is 3.70. The minimum absolute atomic E-state index is 0.0121. The highest BCUT2D eigenvalue weighted by molar-refractivity contribution is 5.82. The summed E-state index contributed by atoms with van der Waals surface area (Å²) in [5, 5.41) is 10.3. The van der Waals surface area contributed by atoms with E-state index in [1.165, 1.54) is 12.3 Å². The number of halogens is 2. The minimum atomic E-state index is -1.18. The molecule has 72 valence electrons. The summed E-state index contributed by atoms with van der Waals surface area (Å²) >= 11 is 0. The van der Waals surface area contributed by atoms with Crippen LogP contribution in [0.5, 0.6) is 0 Å². The number of rotatable bonds is 1. The number of nitro groups is 1. The molecule has 0 saturated heterocycles. The van der Waals surface area contributed by atoms with E-state index in [1.54, 1.807) is 0 Å². The van der Waals surface area contributed by atoms with Crippen LogP contribution in [0.1, 0.15) is 0 Å². The fourth-order valence-electron chi connectivity index (χ4n) is 1.29. The zero-order chi connectivity index (χ0) is 10.3. The molecule has 0 unspecified atom stereocenters. The molecule has 1 aromatic heterocycles. The summed E-state index contributed by atoms with van der Waals surface area (Å²) in [4.78, 5) is 11.8. The van der Waals surface area contributed by atoms with Crippen LogP contribution >= 0.6 is 0 Å². The molecule has 0 aliphatic carbocycles. The highest BCUT2D eigenvalue weighted by atomic mass is 19.1. The molecule has 6 heteroatoms. The standard InChI is InChI=1S/C8H4F2N2O2/c9-5-3-6-4(1-2-11-6)7(10)8(5)12(13)14/h1-3,11H. The Hall–Kier alpha value is -1.98. The van der Waals surface area contributed by atoms with Gasteiger partial charge in [0.15, 0.2) is 0 Å². The predicted octanol–water partition coefficient (Wildman–Crippen LogP) is 2.35. The molecular weight excluding hydrogens is 194 g/mol. The molecule has 0 spiro atoms. The molecule has 0 saturated carbocycles. The molecule has 1 N–H and O–H groups in total. The van der Waals surface area contributed by atoms with Gasteiger partial charge >= 0.3 is 5.69 Å². The molecule has 0 atom stereocenters. The number of aromatic nitrogens is 1. The van der Waals surface area contributed by atoms with Crippen molar-refractivity contribution in [1.29, 1.82) is 0 Å². The van der Waals surface area contributed by atoms with Crippen molar-refractivity contribution < 1.29 is 13.7 Å². The Morgan fingerprint density at radius 2 is 2.14 bits per heavy atom. The van der Waals surface area contributed by atoms with Crippen molar-refractivity contribution in [1.82, 2.24) is 4.98 Å². The molecule has 1 aromatic carbocycles. The third-order valence-corrected chi connectivity index (χ3v) is 1.90. The van der Waals surface area contributed by atoms with Gasteiger partial charge in [0.2, 0.25) is 11.6 Å². The Balaban J connectivity index is 2.89. The molecule has 2 aromatic rings. The van der Waals surface area contributed by atoms with E-state index in [9.17, 15) is 18.9 Å². The van der Waals surface area contributed by atoms with Gasteiger partial charge in [-0.2, -0.15) is 8.78 Å². The molecule has 14 heavy (non-hydrogen) atoms. The van der Waals surface area contributed by atoms with Gasteiger partial charge in [0.25, 0.3) is 0 Å². The van der Waals surface area contributed by atoms with Crippen LogP contribution in [0.4, 0.5) is 14.5 Å². The maximum absolute atomic E-state index is 13.3. The molecule has 0 bridgehead atoms. The molecule has 0 radical (unpaired) electrons. The second-order valence-corrected chi connectivity index (χ2v) is 2.72. The first-order chi connectivity index (χ1) is 6.61. The van der Waals surface area contributed by atoms with E-state index in [1.807, 2.05) is 0 Å². The smallest absolute Gasteiger partial charge is 0.340 e. The van der Waals surface area contributed by atoms with Crippen LogP contribution in [0.3, 0.4) is 0 Å². The van der Waals surface area contributed by atoms with Crippen LogP contribution < -0.4 is 0 Å². The highest BCUT2D eigenvalue weighted by Gasteiger charge is 2.23. The number of aromatic amines is 1. The van der Waals surface area contributed by atoms with Crippen molar-refractivity contribution in [3.63, 3.8) is 0 Å². The summed E-state index contributed by atoms with van der Waals surface area (Å²) in [7, 11) is 0. The van der Waals surface area contributed by atoms with Crippen LogP contribution in [-0.2, 0) is 0 Å². The predicted molar refractivity (Wildman–Crippen MR) is 44.9 cm³/mol. The molecule has 0 fully saturated rings. The number of nitrogens with zero attached hydrogens (tertiary/aromatic N) is 1. The van der Waals surface area contributed by atoms with Crippen LogP contribution in [0.15, 0.2) is 18.3 Å². The average molecular weight is 198 g/mol. The van der Waals surface area contributed by atoms with Crippen LogP contribution in [0, 0.1) is 21.7 Å². The monoisotopic (exact) mass is 198 g/mol. The number of benzene rings is 1. The van der Waals surface area contributed by atoms with Crippen molar-refractivity contribution in [2.75, 3.05) is 0 Å². The van der Waals surface area contributed by atoms with Gasteiger partial charge in [0.05, 0.1) is 10.4 Å². The van der Waals surface area contributed by atoms with E-state index < -0.39 is 22.2 Å². The topological polar surface area (TPSA) is 58.9 Å². The van der Waals surface area contributed by atoms with E-state index in [0.717, 1.165) is 6.07 Å². The van der Waals surface area contributed by atoms with Crippen molar-refractivity contribution in [3.05, 3.63) is 40.1 Å². The van der Waals surface area contributed by atoms with Crippen LogP contribution in [-0.4, -0.2) is 9.91 Å². The van der Waals surface area contributed by atoms with E-state index in [-0.39, 0.29) is 10.9 Å². The fraction of sp³-hybridized carbons (Fsp3) is 0. The van der Waals surface area contributed by atoms with E-state index in [2.05, 4.69) is 4.98 Å². The summed E-state index contributed by atoms with van der Waals surface area (Å²) in [5.41, 5.74) is -0.914. The minimum Gasteiger partial charge on any atom is -0.361 e. The Morgan fingerprint density at radius 1 is 1.43 bits per heavy atom. The maximum atomic E-state index is 13.3. The quantitative estimate of drug-likeness (QED) is 0.564. The highest BCUT2D eigenvalue weighted by Crippen LogP contribution is 2.28. The SMILES string of the molecule is O=[N+]([O-])c1c(F)cc2[nH]ccc2c1F. The summed E-state index contributed by atoms with van der Waals surface area (Å²) < 4.78 is 26.3. The summed E-state index contributed by atoms with van der Waals surface area (Å²) in [6.45, 7) is 0. The number of fused-ring (bicyclic) bond motifs is 1. The van der Waals surface area contributed by atoms with Gasteiger partial charge in [-0.15, -0.1) is 0 Å². The van der Waals surface area contributed by atoms with Crippen molar-refractivity contribution in [2.45, 2.75) is 0 Å². The number of nitro benzene ring substituents is 1. The van der Waals surface area contributed by atoms with Crippen LogP contribution in [0.25, 0.3) is 10.9 Å². The summed E-state index contributed by atoms with van der Waals surface area (Å²) in [6, 6.07) is 2.22. The lowest BCUT2D eigenvalue weighted by atomic mass is 10.2. The molecule has 1 heterocycles. The number of hydrogen-bond donors (Lipinski definition) is 1. The number of H-pyrrole nitrogens is 1. The van der Waals surface area contributed by atoms with Gasteiger partial charge in [0, 0.05) is 17.6 Å². The average Bonchev–Trinajstić information content (AvgIpc) is 2.50. The zero-order valence-electron chi connectivity index (χ0n) is 6.75. The largest absolute Gasteiger partial charge is 0.361 e. The van der Waals surface area contributed by atoms with E-state index >= 15 is 0 Å². The third-order valence-electron chi connectivity index (χ3n) is 1.90. The van der Waals surface area contributed by atoms with E-state index in [0.29, 0.717) is 0 Å². The van der Waals surface area contributed by atoms with Gasteiger partial charge in [-0.05, 0) is 6.07 Å². The van der Waals surface area contributed by atoms with Crippen molar-refractivity contribution in [3.8, 4) is 0 Å². The normalized spacial score (nSPS) is 10.7. The van der Waals surface area contributed by atoms with E-state index in [4.69, 9.17) is 0 Å². The molecule has 0 aliphatic heterocycles. The van der Waals surface area contributed by atoms with Gasteiger partial charge < -0.3 is 4.98 Å². The zero-order valence-corrected chi connectivity index (χ0v) is 6.75. The molecular formula is C8H4F2N2O2. The molecule has 2 rings (SSSR count). The first-order valence-corrected chi connectivity index (χ1v) is 3.70. The van der Waals surface area contributed by atoms with Gasteiger partial charge in [-0.25, -0.2) is 0 Å². The Bertz CT molecular complexity index is 521. The summed E-state index contributed by atoms with van der Waals surface area (Å²) in [6.07, 6.45) is 1.39. The van der Waals surface area contributed by atoms with Crippen LogP contribution in [0.2, 0.25) is 0 Å². The van der Waals surface area contributed by atoms with Crippen molar-refractivity contribution >= 4 is 16.6 Å². The first kappa shape index (κ1) is 8.61. The lowest BCUT2D eigenvalue weighted by Gasteiger charge is -1.97.